The van der Waals surface area contributed by atoms with Gasteiger partial charge in [-0.1, -0.05) is 39.2 Å². The number of carbonyl (C=O) groups excluding carboxylic acids is 1. The Kier molecular flexibility index (Phi) is 5.58. The molecule has 0 spiro atoms. The van der Waals surface area contributed by atoms with Crippen LogP contribution in [-0.2, 0) is 4.79 Å². The smallest absolute Gasteiger partial charge is 0.223 e. The van der Waals surface area contributed by atoms with E-state index >= 15 is 0 Å². The Morgan fingerprint density at radius 3 is 2.81 bits per heavy atom. The fourth-order valence-corrected chi connectivity index (χ4v) is 2.37. The molecule has 0 bridgehead atoms. The summed E-state index contributed by atoms with van der Waals surface area (Å²) in [4.78, 5) is 13.8. The van der Waals surface area contributed by atoms with E-state index in [1.807, 2.05) is 11.0 Å². The minimum Gasteiger partial charge on any atom is -0.342 e. The van der Waals surface area contributed by atoms with Crippen LogP contribution >= 0.6 is 0 Å². The molecule has 2 heteroatoms. The van der Waals surface area contributed by atoms with Gasteiger partial charge in [0.25, 0.3) is 0 Å². The summed E-state index contributed by atoms with van der Waals surface area (Å²) in [5.41, 5.74) is 0. The standard InChI is InChI=1S/C14H25NO/c1-4-7-8-12(5-2)10-15-11-13(6-3)9-14(15)16/h6,12-13H,3-5,7-11H2,1-2H3. The van der Waals surface area contributed by atoms with E-state index in [-0.39, 0.29) is 0 Å². The van der Waals surface area contributed by atoms with Crippen molar-refractivity contribution >= 4 is 5.91 Å². The molecule has 92 valence electrons. The van der Waals surface area contributed by atoms with Crippen molar-refractivity contribution in [3.05, 3.63) is 12.7 Å². The fourth-order valence-electron chi connectivity index (χ4n) is 2.37. The highest BCUT2D eigenvalue weighted by Gasteiger charge is 2.28. The molecule has 1 fully saturated rings. The first-order valence-electron chi connectivity index (χ1n) is 6.61. The molecule has 16 heavy (non-hydrogen) atoms. The van der Waals surface area contributed by atoms with Gasteiger partial charge < -0.3 is 4.90 Å². The number of hydrogen-bond acceptors (Lipinski definition) is 1. The van der Waals surface area contributed by atoms with Crippen LogP contribution in [0.2, 0.25) is 0 Å². The zero-order valence-electron chi connectivity index (χ0n) is 10.7. The molecule has 1 aliphatic rings. The topological polar surface area (TPSA) is 20.3 Å². The van der Waals surface area contributed by atoms with Crippen LogP contribution in [0.1, 0.15) is 46.0 Å². The van der Waals surface area contributed by atoms with E-state index in [0.717, 1.165) is 13.1 Å². The van der Waals surface area contributed by atoms with Gasteiger partial charge in [-0.25, -0.2) is 0 Å². The van der Waals surface area contributed by atoms with Gasteiger partial charge in [-0.15, -0.1) is 6.58 Å². The van der Waals surface area contributed by atoms with Gasteiger partial charge in [0.05, 0.1) is 0 Å². The Labute approximate surface area is 99.7 Å². The molecule has 1 amide bonds. The third-order valence-corrected chi connectivity index (χ3v) is 3.60. The highest BCUT2D eigenvalue weighted by molar-refractivity contribution is 5.78. The molecule has 0 radical (unpaired) electrons. The number of amides is 1. The van der Waals surface area contributed by atoms with Crippen LogP contribution in [0.3, 0.4) is 0 Å². The lowest BCUT2D eigenvalue weighted by atomic mass is 9.99. The summed E-state index contributed by atoms with van der Waals surface area (Å²) in [6.07, 6.45) is 7.57. The lowest BCUT2D eigenvalue weighted by molar-refractivity contribution is -0.128. The molecule has 2 atom stereocenters. The Balaban J connectivity index is 2.39. The summed E-state index contributed by atoms with van der Waals surface area (Å²) in [7, 11) is 0. The van der Waals surface area contributed by atoms with Crippen molar-refractivity contribution in [1.29, 1.82) is 0 Å². The van der Waals surface area contributed by atoms with Gasteiger partial charge in [-0.3, -0.25) is 4.79 Å². The van der Waals surface area contributed by atoms with Gasteiger partial charge >= 0.3 is 0 Å². The average molecular weight is 223 g/mol. The second-order valence-corrected chi connectivity index (χ2v) is 4.92. The van der Waals surface area contributed by atoms with Crippen molar-refractivity contribution in [2.75, 3.05) is 13.1 Å². The minimum absolute atomic E-state index is 0.319. The quantitative estimate of drug-likeness (QED) is 0.607. The minimum atomic E-state index is 0.319. The summed E-state index contributed by atoms with van der Waals surface area (Å²) >= 11 is 0. The largest absolute Gasteiger partial charge is 0.342 e. The molecule has 2 nitrogen and oxygen atoms in total. The Bertz CT molecular complexity index is 237. The van der Waals surface area contributed by atoms with Crippen LogP contribution in [0, 0.1) is 11.8 Å². The van der Waals surface area contributed by atoms with Gasteiger partial charge in [-0.2, -0.15) is 0 Å². The second-order valence-electron chi connectivity index (χ2n) is 4.92. The number of likely N-dealkylation sites (tertiary alicyclic amines) is 1. The first-order valence-corrected chi connectivity index (χ1v) is 6.61. The molecule has 0 saturated carbocycles. The summed E-state index contributed by atoms with van der Waals surface area (Å²) in [6, 6.07) is 0. The fraction of sp³-hybridized carbons (Fsp3) is 0.786. The number of hydrogen-bond donors (Lipinski definition) is 0. The van der Waals surface area contributed by atoms with E-state index < -0.39 is 0 Å². The average Bonchev–Trinajstić information content (AvgIpc) is 2.65. The molecule has 0 aromatic heterocycles. The highest BCUT2D eigenvalue weighted by atomic mass is 16.2. The SMILES string of the molecule is C=CC1CC(=O)N(CC(CC)CCCC)C1. The van der Waals surface area contributed by atoms with Crippen LogP contribution in [0.5, 0.6) is 0 Å². The molecule has 0 aromatic carbocycles. The van der Waals surface area contributed by atoms with Crippen molar-refractivity contribution < 1.29 is 4.79 Å². The van der Waals surface area contributed by atoms with E-state index in [0.29, 0.717) is 24.2 Å². The second kappa shape index (κ2) is 6.72. The summed E-state index contributed by atoms with van der Waals surface area (Å²) in [5, 5.41) is 0. The van der Waals surface area contributed by atoms with Crippen molar-refractivity contribution in [2.24, 2.45) is 11.8 Å². The Morgan fingerprint density at radius 1 is 1.56 bits per heavy atom. The highest BCUT2D eigenvalue weighted by Crippen LogP contribution is 2.22. The van der Waals surface area contributed by atoms with E-state index in [1.54, 1.807) is 0 Å². The molecule has 0 aliphatic carbocycles. The zero-order chi connectivity index (χ0) is 12.0. The maximum Gasteiger partial charge on any atom is 0.223 e. The van der Waals surface area contributed by atoms with Crippen molar-refractivity contribution in [2.45, 2.75) is 46.0 Å². The van der Waals surface area contributed by atoms with E-state index in [2.05, 4.69) is 20.4 Å². The number of carbonyl (C=O) groups is 1. The van der Waals surface area contributed by atoms with E-state index in [9.17, 15) is 4.79 Å². The number of rotatable bonds is 7. The van der Waals surface area contributed by atoms with Crippen LogP contribution in [-0.4, -0.2) is 23.9 Å². The number of unbranched alkanes of at least 4 members (excludes halogenated alkanes) is 1. The van der Waals surface area contributed by atoms with E-state index in [1.165, 1.54) is 25.7 Å². The summed E-state index contributed by atoms with van der Waals surface area (Å²) in [5.74, 6) is 1.39. The summed E-state index contributed by atoms with van der Waals surface area (Å²) < 4.78 is 0. The first kappa shape index (κ1) is 13.3. The number of nitrogens with zero attached hydrogens (tertiary/aromatic N) is 1. The normalized spacial score (nSPS) is 22.5. The Morgan fingerprint density at radius 2 is 2.31 bits per heavy atom. The van der Waals surface area contributed by atoms with Crippen LogP contribution in [0.25, 0.3) is 0 Å². The Hall–Kier alpha value is -0.790. The van der Waals surface area contributed by atoms with Gasteiger partial charge in [0.1, 0.15) is 0 Å². The molecule has 1 aliphatic heterocycles. The third kappa shape index (κ3) is 3.66. The molecule has 2 unspecified atom stereocenters. The molecular formula is C14H25NO. The lowest BCUT2D eigenvalue weighted by Crippen LogP contribution is -2.30. The van der Waals surface area contributed by atoms with Crippen molar-refractivity contribution in [3.8, 4) is 0 Å². The molecule has 0 aromatic rings. The third-order valence-electron chi connectivity index (χ3n) is 3.60. The van der Waals surface area contributed by atoms with Crippen LogP contribution in [0.15, 0.2) is 12.7 Å². The molecule has 1 rings (SSSR count). The van der Waals surface area contributed by atoms with Gasteiger partial charge in [-0.05, 0) is 12.3 Å². The van der Waals surface area contributed by atoms with Crippen molar-refractivity contribution in [3.63, 3.8) is 0 Å². The lowest BCUT2D eigenvalue weighted by Gasteiger charge is -2.23. The monoisotopic (exact) mass is 223 g/mol. The molecule has 1 heterocycles. The van der Waals surface area contributed by atoms with Gasteiger partial charge in [0.15, 0.2) is 0 Å². The van der Waals surface area contributed by atoms with Crippen molar-refractivity contribution in [1.82, 2.24) is 4.90 Å². The van der Waals surface area contributed by atoms with Gasteiger partial charge in [0.2, 0.25) is 5.91 Å². The molecular weight excluding hydrogens is 198 g/mol. The van der Waals surface area contributed by atoms with Crippen LogP contribution < -0.4 is 0 Å². The predicted octanol–water partition coefficient (Wildman–Crippen LogP) is 3.24. The molecule has 0 N–H and O–H groups in total. The van der Waals surface area contributed by atoms with Crippen LogP contribution in [0.4, 0.5) is 0 Å². The predicted molar refractivity (Wildman–Crippen MR) is 68.2 cm³/mol. The van der Waals surface area contributed by atoms with Gasteiger partial charge in [0, 0.05) is 25.4 Å². The summed E-state index contributed by atoms with van der Waals surface area (Å²) in [6.45, 7) is 10.1. The maximum atomic E-state index is 11.7. The molecule has 1 saturated heterocycles. The van der Waals surface area contributed by atoms with E-state index in [4.69, 9.17) is 0 Å². The zero-order valence-corrected chi connectivity index (χ0v) is 10.7. The maximum absolute atomic E-state index is 11.7. The first-order chi connectivity index (χ1) is 7.71.